The molecule has 7 nitrogen and oxygen atoms in total. The molecule has 1 aliphatic carbocycles. The van der Waals surface area contributed by atoms with Gasteiger partial charge in [-0.2, -0.15) is 0 Å². The Hall–Kier alpha value is -3.35. The molecule has 1 saturated carbocycles. The van der Waals surface area contributed by atoms with Crippen LogP contribution in [0, 0.1) is 0 Å². The molecule has 158 valence electrons. The molecule has 0 bridgehead atoms. The SMILES string of the molecule is COC(=O)C1=C(C(=O)OC)N(c2ccc(C(=O)NC3CCCCC3)cc2)C=CC=C1. The molecule has 2 aliphatic rings. The minimum Gasteiger partial charge on any atom is -0.465 e. The number of hydrogen-bond acceptors (Lipinski definition) is 6. The average Bonchev–Trinajstić information content (AvgIpc) is 3.02. The molecule has 1 N–H and O–H groups in total. The first-order valence-electron chi connectivity index (χ1n) is 10.0. The van der Waals surface area contributed by atoms with E-state index in [0.29, 0.717) is 11.3 Å². The molecule has 1 aromatic rings. The van der Waals surface area contributed by atoms with Gasteiger partial charge in [0, 0.05) is 23.5 Å². The Kier molecular flexibility index (Phi) is 7.06. The summed E-state index contributed by atoms with van der Waals surface area (Å²) in [5.41, 5.74) is 1.26. The summed E-state index contributed by atoms with van der Waals surface area (Å²) in [4.78, 5) is 38.8. The van der Waals surface area contributed by atoms with Crippen LogP contribution in [0.3, 0.4) is 0 Å². The molecule has 0 radical (unpaired) electrons. The highest BCUT2D eigenvalue weighted by molar-refractivity contribution is 6.05. The van der Waals surface area contributed by atoms with Crippen molar-refractivity contribution < 1.29 is 23.9 Å². The molecule has 0 unspecified atom stereocenters. The number of nitrogens with zero attached hydrogens (tertiary/aromatic N) is 1. The number of ether oxygens (including phenoxy) is 2. The summed E-state index contributed by atoms with van der Waals surface area (Å²) in [6, 6.07) is 7.08. The van der Waals surface area contributed by atoms with Gasteiger partial charge < -0.3 is 19.7 Å². The number of esters is 2. The minimum absolute atomic E-state index is 0.0359. The van der Waals surface area contributed by atoms with Crippen LogP contribution in [0.2, 0.25) is 0 Å². The van der Waals surface area contributed by atoms with Gasteiger partial charge in [0.1, 0.15) is 5.70 Å². The van der Waals surface area contributed by atoms with E-state index < -0.39 is 11.9 Å². The highest BCUT2D eigenvalue weighted by Crippen LogP contribution is 2.27. The van der Waals surface area contributed by atoms with Crippen LogP contribution in [-0.2, 0) is 19.1 Å². The predicted molar refractivity (Wildman–Crippen MR) is 113 cm³/mol. The van der Waals surface area contributed by atoms with Crippen molar-refractivity contribution in [3.8, 4) is 0 Å². The highest BCUT2D eigenvalue weighted by atomic mass is 16.5. The number of rotatable bonds is 5. The van der Waals surface area contributed by atoms with E-state index in [0.717, 1.165) is 25.7 Å². The van der Waals surface area contributed by atoms with Crippen molar-refractivity contribution in [3.63, 3.8) is 0 Å². The molecular formula is C23H26N2O5. The summed E-state index contributed by atoms with van der Waals surface area (Å²) in [5.74, 6) is -1.44. The number of amides is 1. The summed E-state index contributed by atoms with van der Waals surface area (Å²) in [7, 11) is 2.50. The van der Waals surface area contributed by atoms with Crippen molar-refractivity contribution in [2.24, 2.45) is 0 Å². The van der Waals surface area contributed by atoms with Crippen LogP contribution in [-0.4, -0.2) is 38.1 Å². The van der Waals surface area contributed by atoms with E-state index in [1.54, 1.807) is 47.5 Å². The smallest absolute Gasteiger partial charge is 0.355 e. The number of benzene rings is 1. The van der Waals surface area contributed by atoms with Crippen molar-refractivity contribution in [1.82, 2.24) is 5.32 Å². The number of allylic oxidation sites excluding steroid dienone is 2. The van der Waals surface area contributed by atoms with Gasteiger partial charge in [-0.25, -0.2) is 9.59 Å². The van der Waals surface area contributed by atoms with Gasteiger partial charge in [0.25, 0.3) is 5.91 Å². The van der Waals surface area contributed by atoms with Crippen molar-refractivity contribution >= 4 is 23.5 Å². The lowest BCUT2D eigenvalue weighted by molar-refractivity contribution is -0.139. The summed E-state index contributed by atoms with van der Waals surface area (Å²) >= 11 is 0. The van der Waals surface area contributed by atoms with Gasteiger partial charge in [0.15, 0.2) is 0 Å². The summed E-state index contributed by atoms with van der Waals surface area (Å²) < 4.78 is 9.70. The monoisotopic (exact) mass is 410 g/mol. The quantitative estimate of drug-likeness (QED) is 0.750. The Labute approximate surface area is 176 Å². The number of anilines is 1. The standard InChI is InChI=1S/C23H26N2O5/c1-29-22(27)19-10-6-7-15-25(20(19)23(28)30-2)18-13-11-16(12-14-18)21(26)24-17-8-4-3-5-9-17/h6-7,10-15,17H,3-5,8-9H2,1-2H3,(H,24,26). The van der Waals surface area contributed by atoms with Crippen molar-refractivity contribution in [1.29, 1.82) is 0 Å². The van der Waals surface area contributed by atoms with Crippen molar-refractivity contribution in [2.45, 2.75) is 38.1 Å². The zero-order valence-electron chi connectivity index (χ0n) is 17.2. The molecule has 1 amide bonds. The van der Waals surface area contributed by atoms with E-state index in [9.17, 15) is 14.4 Å². The molecule has 1 aliphatic heterocycles. The van der Waals surface area contributed by atoms with Gasteiger partial charge in [-0.15, -0.1) is 0 Å². The average molecular weight is 410 g/mol. The normalized spacial score (nSPS) is 16.8. The van der Waals surface area contributed by atoms with Crippen molar-refractivity contribution in [3.05, 3.63) is 65.5 Å². The second-order valence-corrected chi connectivity index (χ2v) is 7.17. The van der Waals surface area contributed by atoms with Gasteiger partial charge in [-0.3, -0.25) is 4.79 Å². The molecular weight excluding hydrogens is 384 g/mol. The molecule has 7 heteroatoms. The molecule has 0 spiro atoms. The van der Waals surface area contributed by atoms with Crippen LogP contribution < -0.4 is 10.2 Å². The summed E-state index contributed by atoms with van der Waals surface area (Å²) in [5, 5.41) is 3.09. The fourth-order valence-corrected chi connectivity index (χ4v) is 3.65. The Morgan fingerprint density at radius 3 is 2.23 bits per heavy atom. The van der Waals surface area contributed by atoms with Crippen LogP contribution in [0.4, 0.5) is 5.69 Å². The van der Waals surface area contributed by atoms with Gasteiger partial charge >= 0.3 is 11.9 Å². The largest absolute Gasteiger partial charge is 0.465 e. The van der Waals surface area contributed by atoms with E-state index in [4.69, 9.17) is 9.47 Å². The molecule has 1 aromatic carbocycles. The van der Waals surface area contributed by atoms with Crippen LogP contribution in [0.1, 0.15) is 42.5 Å². The zero-order chi connectivity index (χ0) is 21.5. The Balaban J connectivity index is 1.86. The lowest BCUT2D eigenvalue weighted by Crippen LogP contribution is -2.36. The molecule has 3 rings (SSSR count). The number of carbonyl (C=O) groups excluding carboxylic acids is 3. The third-order valence-corrected chi connectivity index (χ3v) is 5.24. The predicted octanol–water partition coefficient (Wildman–Crippen LogP) is 3.24. The Morgan fingerprint density at radius 1 is 0.933 bits per heavy atom. The van der Waals surface area contributed by atoms with Crippen LogP contribution in [0.25, 0.3) is 0 Å². The third-order valence-electron chi connectivity index (χ3n) is 5.24. The van der Waals surface area contributed by atoms with E-state index in [1.807, 2.05) is 0 Å². The lowest BCUT2D eigenvalue weighted by atomic mass is 9.95. The Morgan fingerprint density at radius 2 is 1.60 bits per heavy atom. The number of hydrogen-bond donors (Lipinski definition) is 1. The fraction of sp³-hybridized carbons (Fsp3) is 0.348. The first kappa shape index (κ1) is 21.4. The van der Waals surface area contributed by atoms with Gasteiger partial charge in [0.2, 0.25) is 0 Å². The molecule has 0 saturated heterocycles. The highest BCUT2D eigenvalue weighted by Gasteiger charge is 2.27. The summed E-state index contributed by atoms with van der Waals surface area (Å²) in [6.07, 6.45) is 12.0. The molecule has 1 heterocycles. The maximum Gasteiger partial charge on any atom is 0.355 e. The lowest BCUT2D eigenvalue weighted by Gasteiger charge is -2.24. The molecule has 0 aromatic heterocycles. The third kappa shape index (κ3) is 4.79. The van der Waals surface area contributed by atoms with Gasteiger partial charge in [-0.05, 0) is 49.3 Å². The maximum atomic E-state index is 12.6. The second kappa shape index (κ2) is 9.91. The second-order valence-electron chi connectivity index (χ2n) is 7.17. The van der Waals surface area contributed by atoms with Crippen molar-refractivity contribution in [2.75, 3.05) is 19.1 Å². The van der Waals surface area contributed by atoms with E-state index in [1.165, 1.54) is 26.7 Å². The first-order chi connectivity index (χ1) is 14.5. The van der Waals surface area contributed by atoms with E-state index >= 15 is 0 Å². The number of carbonyl (C=O) groups is 3. The fourth-order valence-electron chi connectivity index (χ4n) is 3.65. The number of nitrogens with one attached hydrogen (secondary N) is 1. The van der Waals surface area contributed by atoms with Gasteiger partial charge in [-0.1, -0.05) is 25.3 Å². The summed E-state index contributed by atoms with van der Waals surface area (Å²) in [6.45, 7) is 0. The molecule has 0 atom stereocenters. The first-order valence-corrected chi connectivity index (χ1v) is 10.0. The van der Waals surface area contributed by atoms with E-state index in [2.05, 4.69) is 5.32 Å². The minimum atomic E-state index is -0.675. The number of methoxy groups -OCH3 is 2. The molecule has 1 fully saturated rings. The zero-order valence-corrected chi connectivity index (χ0v) is 17.2. The van der Waals surface area contributed by atoms with E-state index in [-0.39, 0.29) is 23.2 Å². The topological polar surface area (TPSA) is 84.9 Å². The van der Waals surface area contributed by atoms with Gasteiger partial charge in [0.05, 0.1) is 19.8 Å². The maximum absolute atomic E-state index is 12.6. The van der Waals surface area contributed by atoms with Crippen LogP contribution >= 0.6 is 0 Å². The molecule has 30 heavy (non-hydrogen) atoms. The van der Waals surface area contributed by atoms with Crippen LogP contribution in [0.15, 0.2) is 60.0 Å². The Bertz CT molecular complexity index is 893. The van der Waals surface area contributed by atoms with Crippen LogP contribution in [0.5, 0.6) is 0 Å².